The summed E-state index contributed by atoms with van der Waals surface area (Å²) in [4.78, 5) is 4.05. The minimum Gasteiger partial charge on any atom is -0.314 e. The Balaban J connectivity index is 1.78. The van der Waals surface area contributed by atoms with Gasteiger partial charge in [0.25, 0.3) is 0 Å². The normalized spacial score (nSPS) is 17.6. The molecule has 1 N–H and O–H groups in total. The summed E-state index contributed by atoms with van der Waals surface area (Å²) < 4.78 is 0. The molecule has 1 fully saturated rings. The summed E-state index contributed by atoms with van der Waals surface area (Å²) in [5.74, 6) is 0. The number of hydrogen-bond acceptors (Lipinski definition) is 3. The molecule has 0 bridgehead atoms. The zero-order valence-electron chi connectivity index (χ0n) is 12.5. The van der Waals surface area contributed by atoms with Gasteiger partial charge in [-0.3, -0.25) is 4.90 Å². The van der Waals surface area contributed by atoms with Gasteiger partial charge in [-0.05, 0) is 33.8 Å². The van der Waals surface area contributed by atoms with Gasteiger partial charge < -0.3 is 5.32 Å². The van der Waals surface area contributed by atoms with Crippen LogP contribution in [0.25, 0.3) is 10.8 Å². The first-order valence-electron chi connectivity index (χ1n) is 7.89. The van der Waals surface area contributed by atoms with E-state index in [0.29, 0.717) is 6.04 Å². The molecule has 1 aromatic heterocycles. The smallest absolute Gasteiger partial charge is 0.0697 e. The average Bonchev–Trinajstić information content (AvgIpc) is 3.10. The summed E-state index contributed by atoms with van der Waals surface area (Å²) in [6.45, 7) is 4.37. The van der Waals surface area contributed by atoms with Crippen LogP contribution in [0, 0.1) is 0 Å². The summed E-state index contributed by atoms with van der Waals surface area (Å²) in [6.07, 6.45) is 0. The highest BCUT2D eigenvalue weighted by Gasteiger charge is 2.24. The maximum atomic E-state index is 3.46. The van der Waals surface area contributed by atoms with Crippen molar-refractivity contribution in [2.24, 2.45) is 0 Å². The van der Waals surface area contributed by atoms with Gasteiger partial charge in [-0.1, -0.05) is 42.5 Å². The molecule has 112 valence electrons. The first-order valence-corrected chi connectivity index (χ1v) is 8.77. The molecular formula is C19H20N2S. The Morgan fingerprint density at radius 1 is 0.909 bits per heavy atom. The number of hydrogen-bond donors (Lipinski definition) is 1. The Hall–Kier alpha value is -1.68. The Morgan fingerprint density at radius 2 is 1.73 bits per heavy atom. The van der Waals surface area contributed by atoms with Crippen LogP contribution >= 0.6 is 11.3 Å². The Labute approximate surface area is 135 Å². The van der Waals surface area contributed by atoms with Gasteiger partial charge in [-0.2, -0.15) is 0 Å². The van der Waals surface area contributed by atoms with E-state index in [1.54, 1.807) is 0 Å². The van der Waals surface area contributed by atoms with Gasteiger partial charge in [-0.15, -0.1) is 11.3 Å². The molecule has 1 unspecified atom stereocenters. The van der Waals surface area contributed by atoms with Crippen LogP contribution in [0.5, 0.6) is 0 Å². The van der Waals surface area contributed by atoms with E-state index >= 15 is 0 Å². The molecule has 1 aliphatic rings. The van der Waals surface area contributed by atoms with Gasteiger partial charge in [0.05, 0.1) is 6.04 Å². The first kappa shape index (κ1) is 13.9. The summed E-state index contributed by atoms with van der Waals surface area (Å²) in [6, 6.07) is 20.4. The van der Waals surface area contributed by atoms with Crippen LogP contribution in [0.15, 0.2) is 60.0 Å². The zero-order chi connectivity index (χ0) is 14.8. The molecule has 0 amide bonds. The molecule has 4 rings (SSSR count). The molecule has 0 spiro atoms. The SMILES string of the molecule is c1csc(C(c2ccc3ccccc3c2)N2CCNCC2)c1. The molecule has 1 aliphatic heterocycles. The number of thiophene rings is 1. The van der Waals surface area contributed by atoms with Crippen molar-refractivity contribution in [3.05, 3.63) is 70.4 Å². The second-order valence-corrected chi connectivity index (χ2v) is 6.79. The second-order valence-electron chi connectivity index (χ2n) is 5.81. The second kappa shape index (κ2) is 6.21. The van der Waals surface area contributed by atoms with Gasteiger partial charge in [0, 0.05) is 31.1 Å². The van der Waals surface area contributed by atoms with Crippen LogP contribution in [-0.2, 0) is 0 Å². The first-order chi connectivity index (χ1) is 10.9. The third kappa shape index (κ3) is 2.68. The van der Waals surface area contributed by atoms with Gasteiger partial charge in [0.1, 0.15) is 0 Å². The fourth-order valence-corrected chi connectivity index (χ4v) is 4.21. The highest BCUT2D eigenvalue weighted by atomic mass is 32.1. The largest absolute Gasteiger partial charge is 0.314 e. The number of piperazine rings is 1. The van der Waals surface area contributed by atoms with Crippen molar-refractivity contribution in [2.45, 2.75) is 6.04 Å². The van der Waals surface area contributed by atoms with Crippen molar-refractivity contribution in [1.82, 2.24) is 10.2 Å². The summed E-state index contributed by atoms with van der Waals surface area (Å²) in [5, 5.41) is 8.29. The number of fused-ring (bicyclic) bond motifs is 1. The van der Waals surface area contributed by atoms with Crippen LogP contribution in [0.1, 0.15) is 16.5 Å². The number of benzene rings is 2. The molecule has 3 aromatic rings. The lowest BCUT2D eigenvalue weighted by Crippen LogP contribution is -2.45. The molecule has 1 atom stereocenters. The van der Waals surface area contributed by atoms with E-state index in [2.05, 4.69) is 70.2 Å². The zero-order valence-corrected chi connectivity index (χ0v) is 13.4. The van der Waals surface area contributed by atoms with E-state index in [0.717, 1.165) is 26.2 Å². The maximum absolute atomic E-state index is 3.46. The third-order valence-electron chi connectivity index (χ3n) is 4.42. The lowest BCUT2D eigenvalue weighted by Gasteiger charge is -2.35. The summed E-state index contributed by atoms with van der Waals surface area (Å²) in [5.41, 5.74) is 1.41. The van der Waals surface area contributed by atoms with E-state index in [1.807, 2.05) is 11.3 Å². The lowest BCUT2D eigenvalue weighted by atomic mass is 9.99. The predicted molar refractivity (Wildman–Crippen MR) is 94.6 cm³/mol. The maximum Gasteiger partial charge on any atom is 0.0697 e. The van der Waals surface area contributed by atoms with Crippen molar-refractivity contribution in [2.75, 3.05) is 26.2 Å². The monoisotopic (exact) mass is 308 g/mol. The third-order valence-corrected chi connectivity index (χ3v) is 5.34. The molecule has 3 heteroatoms. The number of nitrogens with one attached hydrogen (secondary N) is 1. The molecule has 0 radical (unpaired) electrons. The highest BCUT2D eigenvalue weighted by Crippen LogP contribution is 2.33. The fraction of sp³-hybridized carbons (Fsp3) is 0.263. The topological polar surface area (TPSA) is 15.3 Å². The molecule has 0 saturated carbocycles. The standard InChI is InChI=1S/C19H20N2S/c1-2-5-16-14-17(8-7-15(16)4-1)19(18-6-3-13-22-18)21-11-9-20-10-12-21/h1-8,13-14,19-20H,9-12H2. The average molecular weight is 308 g/mol. The van der Waals surface area contributed by atoms with Crippen LogP contribution in [0.2, 0.25) is 0 Å². The van der Waals surface area contributed by atoms with Gasteiger partial charge in [0.2, 0.25) is 0 Å². The van der Waals surface area contributed by atoms with Crippen LogP contribution in [0.3, 0.4) is 0 Å². The molecule has 0 aliphatic carbocycles. The predicted octanol–water partition coefficient (Wildman–Crippen LogP) is 3.90. The van der Waals surface area contributed by atoms with E-state index < -0.39 is 0 Å². The molecule has 2 nitrogen and oxygen atoms in total. The fourth-order valence-electron chi connectivity index (χ4n) is 3.32. The van der Waals surface area contributed by atoms with Crippen LogP contribution < -0.4 is 5.32 Å². The Kier molecular flexibility index (Phi) is 3.94. The van der Waals surface area contributed by atoms with Gasteiger partial charge >= 0.3 is 0 Å². The number of rotatable bonds is 3. The van der Waals surface area contributed by atoms with Crippen molar-refractivity contribution in [3.8, 4) is 0 Å². The van der Waals surface area contributed by atoms with Crippen molar-refractivity contribution in [3.63, 3.8) is 0 Å². The van der Waals surface area contributed by atoms with Gasteiger partial charge in [-0.25, -0.2) is 0 Å². The van der Waals surface area contributed by atoms with E-state index in [-0.39, 0.29) is 0 Å². The minimum atomic E-state index is 0.381. The van der Waals surface area contributed by atoms with E-state index in [9.17, 15) is 0 Å². The Bertz CT molecular complexity index is 745. The van der Waals surface area contributed by atoms with E-state index in [4.69, 9.17) is 0 Å². The van der Waals surface area contributed by atoms with Crippen molar-refractivity contribution < 1.29 is 0 Å². The lowest BCUT2D eigenvalue weighted by molar-refractivity contribution is 0.201. The van der Waals surface area contributed by atoms with Crippen LogP contribution in [0.4, 0.5) is 0 Å². The van der Waals surface area contributed by atoms with E-state index in [1.165, 1.54) is 21.2 Å². The highest BCUT2D eigenvalue weighted by molar-refractivity contribution is 7.10. The molecular weight excluding hydrogens is 288 g/mol. The number of nitrogens with zero attached hydrogens (tertiary/aromatic N) is 1. The molecule has 1 saturated heterocycles. The summed E-state index contributed by atoms with van der Waals surface area (Å²) in [7, 11) is 0. The molecule has 22 heavy (non-hydrogen) atoms. The Morgan fingerprint density at radius 3 is 2.50 bits per heavy atom. The minimum absolute atomic E-state index is 0.381. The summed E-state index contributed by atoms with van der Waals surface area (Å²) >= 11 is 1.86. The molecule has 2 aromatic carbocycles. The van der Waals surface area contributed by atoms with Crippen LogP contribution in [-0.4, -0.2) is 31.1 Å². The molecule has 2 heterocycles. The van der Waals surface area contributed by atoms with Crippen molar-refractivity contribution >= 4 is 22.1 Å². The quantitative estimate of drug-likeness (QED) is 0.789. The van der Waals surface area contributed by atoms with Crippen molar-refractivity contribution in [1.29, 1.82) is 0 Å². The van der Waals surface area contributed by atoms with Gasteiger partial charge in [0.15, 0.2) is 0 Å².